The van der Waals surface area contributed by atoms with Crippen molar-refractivity contribution < 1.29 is 8.78 Å². The molecule has 0 unspecified atom stereocenters. The second-order valence-corrected chi connectivity index (χ2v) is 2.89. The van der Waals surface area contributed by atoms with Crippen LogP contribution in [0.5, 0.6) is 0 Å². The fourth-order valence-electron chi connectivity index (χ4n) is 0.724. The summed E-state index contributed by atoms with van der Waals surface area (Å²) in [6.07, 6.45) is 0.919. The first-order valence-electron chi connectivity index (χ1n) is 3.48. The number of hydrogen-bond acceptors (Lipinski definition) is 2. The third-order valence-corrected chi connectivity index (χ3v) is 1.39. The largest absolute Gasteiger partial charge is 0.363 e. The third kappa shape index (κ3) is 2.99. The third-order valence-electron chi connectivity index (χ3n) is 1.26. The number of halogens is 3. The molecule has 0 aromatic carbocycles. The van der Waals surface area contributed by atoms with E-state index in [1.165, 1.54) is 0 Å². The number of hydrogen-bond donors (Lipinski definition) is 1. The molecule has 1 aromatic rings. The minimum absolute atomic E-state index is 0.0387. The number of pyridine rings is 1. The van der Waals surface area contributed by atoms with E-state index in [1.54, 1.807) is 0 Å². The van der Waals surface area contributed by atoms with Crippen LogP contribution < -0.4 is 5.32 Å². The molecule has 0 atom stereocenters. The zero-order valence-corrected chi connectivity index (χ0v) is 7.41. The van der Waals surface area contributed by atoms with Crippen molar-refractivity contribution in [3.05, 3.63) is 35.5 Å². The van der Waals surface area contributed by atoms with E-state index in [0.29, 0.717) is 5.03 Å². The molecule has 1 N–H and O–H groups in total. The van der Waals surface area contributed by atoms with Crippen molar-refractivity contribution in [1.82, 2.24) is 4.98 Å². The predicted octanol–water partition coefficient (Wildman–Crippen LogP) is 2.52. The molecule has 0 aliphatic carbocycles. The Hall–Kier alpha value is -1.16. The summed E-state index contributed by atoms with van der Waals surface area (Å²) in [4.78, 5) is 3.49. The van der Waals surface area contributed by atoms with Crippen molar-refractivity contribution in [2.24, 2.45) is 0 Å². The van der Waals surface area contributed by atoms with E-state index in [0.717, 1.165) is 12.3 Å². The summed E-state index contributed by atoms with van der Waals surface area (Å²) in [5.41, 5.74) is 0. The second kappa shape index (κ2) is 4.18. The van der Waals surface area contributed by atoms with Crippen LogP contribution in [0.3, 0.4) is 0 Å². The smallest absolute Gasteiger partial charge is 0.168 e. The lowest BCUT2D eigenvalue weighted by atomic mass is 10.4. The zero-order chi connectivity index (χ0) is 9.84. The molecule has 1 aromatic heterocycles. The first kappa shape index (κ1) is 9.92. The van der Waals surface area contributed by atoms with Crippen molar-refractivity contribution in [3.8, 4) is 0 Å². The normalized spacial score (nSPS) is 9.77. The van der Waals surface area contributed by atoms with Gasteiger partial charge in [0.2, 0.25) is 0 Å². The molecule has 0 aliphatic heterocycles. The fraction of sp³-hybridized carbons (Fsp3) is 0.125. The molecule has 0 aliphatic rings. The van der Waals surface area contributed by atoms with E-state index < -0.39 is 11.6 Å². The van der Waals surface area contributed by atoms with Crippen LogP contribution >= 0.6 is 11.6 Å². The van der Waals surface area contributed by atoms with Crippen LogP contribution in [0.15, 0.2) is 23.9 Å². The van der Waals surface area contributed by atoms with E-state index in [1.807, 2.05) is 0 Å². The topological polar surface area (TPSA) is 24.9 Å². The maximum Gasteiger partial charge on any atom is 0.168 e. The summed E-state index contributed by atoms with van der Waals surface area (Å²) >= 11 is 5.43. The molecular weight excluding hydrogens is 198 g/mol. The predicted molar refractivity (Wildman–Crippen MR) is 47.6 cm³/mol. The van der Waals surface area contributed by atoms with E-state index >= 15 is 0 Å². The Bertz CT molecular complexity index is 328. The summed E-state index contributed by atoms with van der Waals surface area (Å²) in [5.74, 6) is -1.51. The Morgan fingerprint density at radius 2 is 2.31 bits per heavy atom. The van der Waals surface area contributed by atoms with Gasteiger partial charge in [0.05, 0.1) is 12.7 Å². The molecule has 5 heteroatoms. The van der Waals surface area contributed by atoms with Crippen LogP contribution in [0.1, 0.15) is 0 Å². The first-order valence-corrected chi connectivity index (χ1v) is 3.85. The number of aromatic nitrogens is 1. The van der Waals surface area contributed by atoms with Crippen molar-refractivity contribution in [3.63, 3.8) is 0 Å². The molecule has 0 saturated heterocycles. The van der Waals surface area contributed by atoms with E-state index in [2.05, 4.69) is 16.9 Å². The molecule has 0 fully saturated rings. The zero-order valence-electron chi connectivity index (χ0n) is 6.65. The lowest BCUT2D eigenvalue weighted by molar-refractivity contribution is 0.576. The Morgan fingerprint density at radius 3 is 2.85 bits per heavy atom. The van der Waals surface area contributed by atoms with Gasteiger partial charge in [-0.3, -0.25) is 0 Å². The van der Waals surface area contributed by atoms with Crippen molar-refractivity contribution in [1.29, 1.82) is 0 Å². The van der Waals surface area contributed by atoms with Crippen LogP contribution in [0, 0.1) is 11.6 Å². The maximum atomic E-state index is 12.9. The van der Waals surface area contributed by atoms with Gasteiger partial charge in [-0.1, -0.05) is 18.2 Å². The summed E-state index contributed by atoms with van der Waals surface area (Å²) in [6.45, 7) is 3.59. The molecular formula is C8H7ClF2N2. The summed E-state index contributed by atoms with van der Waals surface area (Å²) in [5, 5.41) is 2.88. The maximum absolute atomic E-state index is 12.9. The van der Waals surface area contributed by atoms with Crippen LogP contribution in [0.25, 0.3) is 0 Å². The molecule has 1 rings (SSSR count). The molecule has 13 heavy (non-hydrogen) atoms. The Morgan fingerprint density at radius 1 is 1.62 bits per heavy atom. The Labute approximate surface area is 79.2 Å². The highest BCUT2D eigenvalue weighted by Gasteiger charge is 2.04. The Kier molecular flexibility index (Phi) is 3.19. The molecule has 0 spiro atoms. The fourth-order valence-corrected chi connectivity index (χ4v) is 0.791. The van der Waals surface area contributed by atoms with E-state index in [4.69, 9.17) is 11.6 Å². The first-order chi connectivity index (χ1) is 6.09. The molecule has 0 amide bonds. The van der Waals surface area contributed by atoms with Crippen LogP contribution in [0.4, 0.5) is 14.6 Å². The summed E-state index contributed by atoms with van der Waals surface area (Å²) < 4.78 is 25.2. The SMILES string of the molecule is C=C(Cl)CNc1ncc(F)cc1F. The summed E-state index contributed by atoms with van der Waals surface area (Å²) in [6, 6.07) is 0.742. The van der Waals surface area contributed by atoms with Crippen molar-refractivity contribution >= 4 is 17.4 Å². The van der Waals surface area contributed by atoms with Gasteiger partial charge in [-0.25, -0.2) is 13.8 Å². The summed E-state index contributed by atoms with van der Waals surface area (Å²) in [7, 11) is 0. The van der Waals surface area contributed by atoms with Gasteiger partial charge < -0.3 is 5.32 Å². The highest BCUT2D eigenvalue weighted by molar-refractivity contribution is 6.29. The van der Waals surface area contributed by atoms with Gasteiger partial charge >= 0.3 is 0 Å². The van der Waals surface area contributed by atoms with Gasteiger partial charge in [-0.15, -0.1) is 0 Å². The minimum Gasteiger partial charge on any atom is -0.363 e. The minimum atomic E-state index is -0.752. The van der Waals surface area contributed by atoms with Crippen molar-refractivity contribution in [2.75, 3.05) is 11.9 Å². The molecule has 1 heterocycles. The average Bonchev–Trinajstić information content (AvgIpc) is 2.02. The standard InChI is InChI=1S/C8H7ClF2N2/c1-5(9)3-12-8-7(11)2-6(10)4-13-8/h2,4H,1,3H2,(H,12,13). The van der Waals surface area contributed by atoms with Gasteiger partial charge in [0.15, 0.2) is 11.6 Å². The molecule has 0 saturated carbocycles. The quantitative estimate of drug-likeness (QED) is 0.819. The average molecular weight is 205 g/mol. The van der Waals surface area contributed by atoms with Gasteiger partial charge in [0, 0.05) is 11.1 Å². The van der Waals surface area contributed by atoms with Gasteiger partial charge in [0.1, 0.15) is 5.82 Å². The number of rotatable bonds is 3. The second-order valence-electron chi connectivity index (χ2n) is 2.35. The Balaban J connectivity index is 2.72. The highest BCUT2D eigenvalue weighted by atomic mass is 35.5. The lowest BCUT2D eigenvalue weighted by Gasteiger charge is -2.04. The number of nitrogens with zero attached hydrogens (tertiary/aromatic N) is 1. The van der Waals surface area contributed by atoms with Crippen molar-refractivity contribution in [2.45, 2.75) is 0 Å². The lowest BCUT2D eigenvalue weighted by Crippen LogP contribution is -2.05. The number of anilines is 1. The highest BCUT2D eigenvalue weighted by Crippen LogP contribution is 2.11. The molecule has 0 bridgehead atoms. The number of nitrogens with one attached hydrogen (secondary N) is 1. The van der Waals surface area contributed by atoms with E-state index in [-0.39, 0.29) is 12.4 Å². The van der Waals surface area contributed by atoms with Gasteiger partial charge in [0.25, 0.3) is 0 Å². The molecule has 0 radical (unpaired) electrons. The monoisotopic (exact) mass is 204 g/mol. The van der Waals surface area contributed by atoms with Crippen LogP contribution in [-0.4, -0.2) is 11.5 Å². The van der Waals surface area contributed by atoms with Crippen LogP contribution in [0.2, 0.25) is 0 Å². The van der Waals surface area contributed by atoms with Gasteiger partial charge in [-0.05, 0) is 0 Å². The molecule has 2 nitrogen and oxygen atoms in total. The molecule has 70 valence electrons. The van der Waals surface area contributed by atoms with Gasteiger partial charge in [-0.2, -0.15) is 0 Å². The van der Waals surface area contributed by atoms with E-state index in [9.17, 15) is 8.78 Å². The van der Waals surface area contributed by atoms with Crippen LogP contribution in [-0.2, 0) is 0 Å².